The second-order valence-corrected chi connectivity index (χ2v) is 10.8. The van der Waals surface area contributed by atoms with Crippen molar-refractivity contribution >= 4 is 56.3 Å². The summed E-state index contributed by atoms with van der Waals surface area (Å²) in [6.07, 6.45) is 1.43. The summed E-state index contributed by atoms with van der Waals surface area (Å²) in [4.78, 5) is 47.7. The van der Waals surface area contributed by atoms with Gasteiger partial charge in [0.25, 0.3) is 11.8 Å². The maximum absolute atomic E-state index is 13.5. The van der Waals surface area contributed by atoms with Crippen molar-refractivity contribution < 1.29 is 18.8 Å². The number of imide groups is 1. The third kappa shape index (κ3) is 4.36. The summed E-state index contributed by atoms with van der Waals surface area (Å²) in [5.74, 6) is -0.536. The highest BCUT2D eigenvalue weighted by atomic mass is 32.1. The number of thiazole rings is 1. The number of rotatable bonds is 6. The normalized spacial score (nSPS) is 15.6. The lowest BCUT2D eigenvalue weighted by Gasteiger charge is -2.26. The van der Waals surface area contributed by atoms with E-state index in [1.165, 1.54) is 33.0 Å². The summed E-state index contributed by atoms with van der Waals surface area (Å²) >= 11 is 2.90. The van der Waals surface area contributed by atoms with Crippen LogP contribution in [0, 0.1) is 6.92 Å². The van der Waals surface area contributed by atoms with Crippen molar-refractivity contribution in [2.24, 2.45) is 0 Å². The number of amides is 3. The molecule has 1 aliphatic heterocycles. The smallest absolute Gasteiger partial charge is 0.265 e. The maximum atomic E-state index is 13.5. The molecule has 0 radical (unpaired) electrons. The van der Waals surface area contributed by atoms with E-state index in [9.17, 15) is 14.4 Å². The molecular weight excluding hydrogens is 506 g/mol. The van der Waals surface area contributed by atoms with Crippen molar-refractivity contribution in [3.63, 3.8) is 0 Å². The van der Waals surface area contributed by atoms with Crippen LogP contribution in [0.25, 0.3) is 20.8 Å². The van der Waals surface area contributed by atoms with Crippen LogP contribution in [0.2, 0.25) is 0 Å². The van der Waals surface area contributed by atoms with Crippen LogP contribution >= 0.6 is 22.7 Å². The Morgan fingerprint density at radius 1 is 1.11 bits per heavy atom. The fourth-order valence-electron chi connectivity index (χ4n) is 4.47. The van der Waals surface area contributed by atoms with E-state index < -0.39 is 11.9 Å². The SMILES string of the molecule is Cc1ccc2nc(-c3ccc(N4C(=O)CC(N(Cc5ccco5)C(=O)c5cccs5)C4=O)cc3)sc2c1. The predicted octanol–water partition coefficient (Wildman–Crippen LogP) is 5.90. The molecule has 0 saturated carbocycles. The largest absolute Gasteiger partial charge is 0.467 e. The molecule has 4 heterocycles. The minimum atomic E-state index is -0.917. The summed E-state index contributed by atoms with van der Waals surface area (Å²) in [6.45, 7) is 2.14. The zero-order chi connectivity index (χ0) is 25.5. The first-order valence-electron chi connectivity index (χ1n) is 11.7. The number of furan rings is 1. The van der Waals surface area contributed by atoms with Gasteiger partial charge in [0.05, 0.1) is 40.0 Å². The lowest BCUT2D eigenvalue weighted by atomic mass is 10.2. The minimum Gasteiger partial charge on any atom is -0.467 e. The molecule has 37 heavy (non-hydrogen) atoms. The number of aryl methyl sites for hydroxylation is 1. The molecule has 1 saturated heterocycles. The fourth-order valence-corrected chi connectivity index (χ4v) is 6.22. The van der Waals surface area contributed by atoms with Gasteiger partial charge in [0, 0.05) is 5.56 Å². The second-order valence-electron chi connectivity index (χ2n) is 8.81. The quantitative estimate of drug-likeness (QED) is 0.257. The summed E-state index contributed by atoms with van der Waals surface area (Å²) in [5, 5.41) is 2.68. The van der Waals surface area contributed by atoms with Crippen molar-refractivity contribution in [3.8, 4) is 10.6 Å². The van der Waals surface area contributed by atoms with E-state index >= 15 is 0 Å². The van der Waals surface area contributed by atoms with Gasteiger partial charge in [0.15, 0.2) is 0 Å². The van der Waals surface area contributed by atoms with E-state index in [0.29, 0.717) is 16.3 Å². The molecule has 5 aromatic rings. The van der Waals surface area contributed by atoms with Crippen LogP contribution in [0.1, 0.15) is 27.4 Å². The van der Waals surface area contributed by atoms with E-state index in [1.807, 2.05) is 24.3 Å². The molecule has 1 atom stereocenters. The first kappa shape index (κ1) is 23.3. The lowest BCUT2D eigenvalue weighted by molar-refractivity contribution is -0.122. The number of hydrogen-bond donors (Lipinski definition) is 0. The first-order chi connectivity index (χ1) is 18.0. The van der Waals surface area contributed by atoms with Gasteiger partial charge in [-0.2, -0.15) is 0 Å². The molecule has 3 aromatic heterocycles. The van der Waals surface area contributed by atoms with E-state index in [4.69, 9.17) is 9.40 Å². The van der Waals surface area contributed by atoms with Gasteiger partial charge in [-0.25, -0.2) is 9.88 Å². The number of aromatic nitrogens is 1. The predicted molar refractivity (Wildman–Crippen MR) is 144 cm³/mol. The number of anilines is 1. The van der Waals surface area contributed by atoms with Gasteiger partial charge in [-0.3, -0.25) is 14.4 Å². The van der Waals surface area contributed by atoms with Crippen molar-refractivity contribution in [2.45, 2.75) is 25.9 Å². The Kier molecular flexibility index (Phi) is 5.94. The van der Waals surface area contributed by atoms with Crippen molar-refractivity contribution in [3.05, 3.63) is 94.6 Å². The first-order valence-corrected chi connectivity index (χ1v) is 13.4. The average Bonchev–Trinajstić information content (AvgIpc) is 3.70. The molecular formula is C28H21N3O4S2. The molecule has 1 unspecified atom stereocenters. The third-order valence-corrected chi connectivity index (χ3v) is 8.24. The van der Waals surface area contributed by atoms with Crippen molar-refractivity contribution in [1.29, 1.82) is 0 Å². The molecule has 0 N–H and O–H groups in total. The number of nitrogens with zero attached hydrogens (tertiary/aromatic N) is 3. The molecule has 0 bridgehead atoms. The van der Waals surface area contributed by atoms with E-state index in [0.717, 1.165) is 20.8 Å². The number of benzene rings is 2. The van der Waals surface area contributed by atoms with Crippen LogP contribution in [-0.4, -0.2) is 33.6 Å². The third-order valence-electron chi connectivity index (χ3n) is 6.31. The number of thiophene rings is 1. The maximum Gasteiger partial charge on any atom is 0.265 e. The summed E-state index contributed by atoms with van der Waals surface area (Å²) < 4.78 is 6.55. The Morgan fingerprint density at radius 2 is 1.95 bits per heavy atom. The molecule has 7 nitrogen and oxygen atoms in total. The Hall–Kier alpha value is -4.08. The van der Waals surface area contributed by atoms with Gasteiger partial charge in [0.1, 0.15) is 16.8 Å². The van der Waals surface area contributed by atoms with Crippen molar-refractivity contribution in [1.82, 2.24) is 9.88 Å². The van der Waals surface area contributed by atoms with Gasteiger partial charge in [-0.15, -0.1) is 22.7 Å². The summed E-state index contributed by atoms with van der Waals surface area (Å²) in [5.41, 5.74) is 3.50. The van der Waals surface area contributed by atoms with E-state index in [1.54, 1.807) is 53.1 Å². The number of carbonyl (C=O) groups is 3. The molecule has 184 valence electrons. The molecule has 2 aromatic carbocycles. The zero-order valence-corrected chi connectivity index (χ0v) is 21.4. The Morgan fingerprint density at radius 3 is 2.68 bits per heavy atom. The Labute approximate surface area is 220 Å². The summed E-state index contributed by atoms with van der Waals surface area (Å²) in [7, 11) is 0. The Balaban J connectivity index is 1.27. The van der Waals surface area contributed by atoms with Gasteiger partial charge in [-0.1, -0.05) is 12.1 Å². The highest BCUT2D eigenvalue weighted by Crippen LogP contribution is 2.33. The molecule has 0 aliphatic carbocycles. The summed E-state index contributed by atoms with van der Waals surface area (Å²) in [6, 6.07) is 19.4. The van der Waals surface area contributed by atoms with Crippen LogP contribution in [0.4, 0.5) is 5.69 Å². The monoisotopic (exact) mass is 527 g/mol. The molecule has 6 rings (SSSR count). The number of carbonyl (C=O) groups excluding carboxylic acids is 3. The van der Waals surface area contributed by atoms with Crippen LogP contribution in [0.5, 0.6) is 0 Å². The van der Waals surface area contributed by atoms with Crippen LogP contribution in [0.15, 0.2) is 82.8 Å². The second kappa shape index (κ2) is 9.42. The number of fused-ring (bicyclic) bond motifs is 1. The van der Waals surface area contributed by atoms with Gasteiger partial charge in [0.2, 0.25) is 5.91 Å². The molecule has 3 amide bonds. The van der Waals surface area contributed by atoms with E-state index in [-0.39, 0.29) is 24.8 Å². The highest BCUT2D eigenvalue weighted by Gasteiger charge is 2.45. The lowest BCUT2D eigenvalue weighted by Crippen LogP contribution is -2.44. The van der Waals surface area contributed by atoms with E-state index in [2.05, 4.69) is 13.0 Å². The topological polar surface area (TPSA) is 83.7 Å². The van der Waals surface area contributed by atoms with Crippen molar-refractivity contribution in [2.75, 3.05) is 4.90 Å². The zero-order valence-electron chi connectivity index (χ0n) is 19.8. The van der Waals surface area contributed by atoms with Crippen LogP contribution in [0.3, 0.4) is 0 Å². The van der Waals surface area contributed by atoms with Gasteiger partial charge < -0.3 is 9.32 Å². The van der Waals surface area contributed by atoms with Gasteiger partial charge >= 0.3 is 0 Å². The highest BCUT2D eigenvalue weighted by molar-refractivity contribution is 7.21. The number of hydrogen-bond acceptors (Lipinski definition) is 7. The van der Waals surface area contributed by atoms with Crippen LogP contribution < -0.4 is 4.90 Å². The van der Waals surface area contributed by atoms with Crippen LogP contribution in [-0.2, 0) is 16.1 Å². The molecule has 1 aliphatic rings. The molecule has 0 spiro atoms. The standard InChI is InChI=1S/C28H21N3O4S2/c1-17-6-11-21-24(14-17)37-26(29-21)18-7-9-19(10-8-18)31-25(32)15-22(27(31)33)30(16-20-4-2-12-35-20)28(34)23-5-3-13-36-23/h2-14,22H,15-16H2,1H3. The molecule has 9 heteroatoms. The van der Waals surface area contributed by atoms with Gasteiger partial charge in [-0.05, 0) is 72.5 Å². The molecule has 1 fully saturated rings. The Bertz CT molecular complexity index is 1610. The average molecular weight is 528 g/mol. The fraction of sp³-hybridized carbons (Fsp3) is 0.143. The minimum absolute atomic E-state index is 0.0877.